The van der Waals surface area contributed by atoms with Crippen molar-refractivity contribution in [1.82, 2.24) is 5.32 Å². The molecule has 0 spiro atoms. The molecule has 0 aromatic heterocycles. The molecule has 0 heterocycles. The molecule has 0 aliphatic heterocycles. The Labute approximate surface area is 102 Å². The summed E-state index contributed by atoms with van der Waals surface area (Å²) in [5.74, 6) is 0.945. The molecule has 0 radical (unpaired) electrons. The number of halogens is 1. The van der Waals surface area contributed by atoms with Gasteiger partial charge >= 0.3 is 0 Å². The van der Waals surface area contributed by atoms with Crippen LogP contribution in [-0.2, 0) is 0 Å². The minimum atomic E-state index is -0.146. The Hall–Kier alpha value is -0.540. The van der Waals surface area contributed by atoms with Crippen LogP contribution in [-0.4, -0.2) is 18.6 Å². The molecule has 16 heavy (non-hydrogen) atoms. The van der Waals surface area contributed by atoms with Gasteiger partial charge in [-0.2, -0.15) is 11.8 Å². The van der Waals surface area contributed by atoms with Gasteiger partial charge in [0.2, 0.25) is 0 Å². The monoisotopic (exact) mass is 241 g/mol. The van der Waals surface area contributed by atoms with E-state index in [1.165, 1.54) is 6.07 Å². The van der Waals surface area contributed by atoms with Crippen molar-refractivity contribution >= 4 is 11.8 Å². The van der Waals surface area contributed by atoms with E-state index in [0.29, 0.717) is 0 Å². The lowest BCUT2D eigenvalue weighted by atomic mass is 9.99. The maximum absolute atomic E-state index is 13.2. The van der Waals surface area contributed by atoms with E-state index in [1.54, 1.807) is 6.07 Å². The fourth-order valence-electron chi connectivity index (χ4n) is 1.84. The molecule has 0 amide bonds. The van der Waals surface area contributed by atoms with Gasteiger partial charge in [-0.25, -0.2) is 4.39 Å². The average Bonchev–Trinajstić information content (AvgIpc) is 2.28. The van der Waals surface area contributed by atoms with Crippen LogP contribution in [0.5, 0.6) is 0 Å². The van der Waals surface area contributed by atoms with Crippen molar-refractivity contribution in [2.45, 2.75) is 26.3 Å². The molecule has 1 nitrogen and oxygen atoms in total. The number of nitrogens with one attached hydrogen (secondary N) is 1. The molecule has 1 aromatic rings. The van der Waals surface area contributed by atoms with E-state index in [-0.39, 0.29) is 11.9 Å². The van der Waals surface area contributed by atoms with Crippen LogP contribution < -0.4 is 5.32 Å². The lowest BCUT2D eigenvalue weighted by Crippen LogP contribution is -2.22. The summed E-state index contributed by atoms with van der Waals surface area (Å²) < 4.78 is 13.2. The van der Waals surface area contributed by atoms with Gasteiger partial charge in [0.1, 0.15) is 5.82 Å². The molecule has 90 valence electrons. The molecule has 1 N–H and O–H groups in total. The zero-order valence-corrected chi connectivity index (χ0v) is 11.0. The van der Waals surface area contributed by atoms with Crippen molar-refractivity contribution < 1.29 is 4.39 Å². The smallest absolute Gasteiger partial charge is 0.123 e. The first-order chi connectivity index (χ1) is 7.69. The minimum Gasteiger partial charge on any atom is -0.310 e. The number of hydrogen-bond acceptors (Lipinski definition) is 2. The van der Waals surface area contributed by atoms with E-state index in [1.807, 2.05) is 24.8 Å². The molecule has 1 aromatic carbocycles. The molecular weight excluding hydrogens is 221 g/mol. The van der Waals surface area contributed by atoms with E-state index in [9.17, 15) is 4.39 Å². The molecule has 3 heteroatoms. The SMILES string of the molecule is CCNC(CCSC)c1cc(F)ccc1C. The van der Waals surface area contributed by atoms with Crippen molar-refractivity contribution in [2.75, 3.05) is 18.6 Å². The minimum absolute atomic E-state index is 0.146. The third-order valence-electron chi connectivity index (χ3n) is 2.68. The fourth-order valence-corrected chi connectivity index (χ4v) is 2.31. The predicted molar refractivity (Wildman–Crippen MR) is 70.6 cm³/mol. The summed E-state index contributed by atoms with van der Waals surface area (Å²) in [5, 5.41) is 3.42. The highest BCUT2D eigenvalue weighted by Gasteiger charge is 2.12. The highest BCUT2D eigenvalue weighted by molar-refractivity contribution is 7.98. The second-order valence-corrected chi connectivity index (χ2v) is 4.88. The summed E-state index contributed by atoms with van der Waals surface area (Å²) in [6.45, 7) is 5.04. The van der Waals surface area contributed by atoms with Gasteiger partial charge in [-0.15, -0.1) is 0 Å². The Morgan fingerprint density at radius 3 is 2.81 bits per heavy atom. The summed E-state index contributed by atoms with van der Waals surface area (Å²) in [7, 11) is 0. The largest absolute Gasteiger partial charge is 0.310 e. The van der Waals surface area contributed by atoms with Crippen LogP contribution in [0.2, 0.25) is 0 Å². The molecule has 1 unspecified atom stereocenters. The summed E-state index contributed by atoms with van der Waals surface area (Å²) in [4.78, 5) is 0. The first-order valence-electron chi connectivity index (χ1n) is 5.67. The molecule has 1 rings (SSSR count). The molecule has 1 atom stereocenters. The number of thioether (sulfide) groups is 1. The van der Waals surface area contributed by atoms with Crippen molar-refractivity contribution in [3.8, 4) is 0 Å². The standard InChI is InChI=1S/C13H20FNS/c1-4-15-13(7-8-16-3)12-9-11(14)6-5-10(12)2/h5-6,9,13,15H,4,7-8H2,1-3H3. The van der Waals surface area contributed by atoms with Gasteiger partial charge in [-0.05, 0) is 55.2 Å². The van der Waals surface area contributed by atoms with Crippen LogP contribution in [0, 0.1) is 12.7 Å². The van der Waals surface area contributed by atoms with Crippen molar-refractivity contribution in [2.24, 2.45) is 0 Å². The van der Waals surface area contributed by atoms with E-state index in [4.69, 9.17) is 0 Å². The number of hydrogen-bond donors (Lipinski definition) is 1. The van der Waals surface area contributed by atoms with Crippen LogP contribution in [0.3, 0.4) is 0 Å². The Morgan fingerprint density at radius 1 is 1.44 bits per heavy atom. The number of benzene rings is 1. The molecule has 0 bridgehead atoms. The first-order valence-corrected chi connectivity index (χ1v) is 7.06. The summed E-state index contributed by atoms with van der Waals surface area (Å²) in [6.07, 6.45) is 3.14. The average molecular weight is 241 g/mol. The van der Waals surface area contributed by atoms with Crippen molar-refractivity contribution in [3.05, 3.63) is 35.1 Å². The zero-order chi connectivity index (χ0) is 12.0. The Balaban J connectivity index is 2.85. The summed E-state index contributed by atoms with van der Waals surface area (Å²) in [5.41, 5.74) is 2.25. The lowest BCUT2D eigenvalue weighted by molar-refractivity contribution is 0.532. The molecule has 0 saturated heterocycles. The molecule has 0 aliphatic rings. The number of aryl methyl sites for hydroxylation is 1. The van der Waals surface area contributed by atoms with Gasteiger partial charge in [0, 0.05) is 6.04 Å². The van der Waals surface area contributed by atoms with Crippen molar-refractivity contribution in [3.63, 3.8) is 0 Å². The molecule has 0 saturated carbocycles. The predicted octanol–water partition coefficient (Wildman–Crippen LogP) is 3.54. The quantitative estimate of drug-likeness (QED) is 0.817. The molecular formula is C13H20FNS. The van der Waals surface area contributed by atoms with Crippen molar-refractivity contribution in [1.29, 1.82) is 0 Å². The van der Waals surface area contributed by atoms with Crippen LogP contribution in [0.15, 0.2) is 18.2 Å². The van der Waals surface area contributed by atoms with Gasteiger partial charge in [-0.1, -0.05) is 13.0 Å². The van der Waals surface area contributed by atoms with E-state index in [0.717, 1.165) is 29.8 Å². The third kappa shape index (κ3) is 3.80. The lowest BCUT2D eigenvalue weighted by Gasteiger charge is -2.20. The molecule has 0 aliphatic carbocycles. The van der Waals surface area contributed by atoms with Gasteiger partial charge in [0.15, 0.2) is 0 Å². The van der Waals surface area contributed by atoms with Gasteiger partial charge in [0.05, 0.1) is 0 Å². The maximum atomic E-state index is 13.2. The van der Waals surface area contributed by atoms with E-state index >= 15 is 0 Å². The Morgan fingerprint density at radius 2 is 2.19 bits per heavy atom. The highest BCUT2D eigenvalue weighted by atomic mass is 32.2. The maximum Gasteiger partial charge on any atom is 0.123 e. The Bertz CT molecular complexity index is 328. The topological polar surface area (TPSA) is 12.0 Å². The highest BCUT2D eigenvalue weighted by Crippen LogP contribution is 2.23. The number of rotatable bonds is 6. The zero-order valence-electron chi connectivity index (χ0n) is 10.2. The summed E-state index contributed by atoms with van der Waals surface area (Å²) >= 11 is 1.83. The van der Waals surface area contributed by atoms with Gasteiger partial charge in [0.25, 0.3) is 0 Å². The molecule has 0 fully saturated rings. The second kappa shape index (κ2) is 6.92. The third-order valence-corrected chi connectivity index (χ3v) is 3.32. The second-order valence-electron chi connectivity index (χ2n) is 3.89. The first kappa shape index (κ1) is 13.5. The van der Waals surface area contributed by atoms with Crippen LogP contribution >= 0.6 is 11.8 Å². The Kier molecular flexibility index (Phi) is 5.85. The fraction of sp³-hybridized carbons (Fsp3) is 0.538. The normalized spacial score (nSPS) is 12.8. The van der Waals surface area contributed by atoms with Crippen LogP contribution in [0.1, 0.15) is 30.5 Å². The van der Waals surface area contributed by atoms with Gasteiger partial charge in [-0.3, -0.25) is 0 Å². The van der Waals surface area contributed by atoms with Crippen LogP contribution in [0.25, 0.3) is 0 Å². The van der Waals surface area contributed by atoms with Gasteiger partial charge < -0.3 is 5.32 Å². The summed E-state index contributed by atoms with van der Waals surface area (Å²) in [6, 6.07) is 5.31. The van der Waals surface area contributed by atoms with Crippen LogP contribution in [0.4, 0.5) is 4.39 Å². The van der Waals surface area contributed by atoms with E-state index < -0.39 is 0 Å². The van der Waals surface area contributed by atoms with E-state index in [2.05, 4.69) is 18.5 Å².